The molecule has 2 amide bonds. The second kappa shape index (κ2) is 5.26. The van der Waals surface area contributed by atoms with E-state index < -0.39 is 0 Å². The molecule has 0 bridgehead atoms. The van der Waals surface area contributed by atoms with Crippen LogP contribution >= 0.6 is 11.6 Å². The van der Waals surface area contributed by atoms with E-state index in [4.69, 9.17) is 11.6 Å². The Morgan fingerprint density at radius 3 is 2.86 bits per heavy atom. The predicted molar refractivity (Wildman–Crippen MR) is 84.3 cm³/mol. The highest BCUT2D eigenvalue weighted by molar-refractivity contribution is 6.30. The third-order valence-corrected chi connectivity index (χ3v) is 4.33. The fraction of sp³-hybridized carbons (Fsp3) is 0.250. The summed E-state index contributed by atoms with van der Waals surface area (Å²) in [5, 5.41) is 4.55. The number of aromatic nitrogens is 1. The molecular formula is C16H15ClN4O. The van der Waals surface area contributed by atoms with Gasteiger partial charge in [0.25, 0.3) is 0 Å². The van der Waals surface area contributed by atoms with E-state index in [0.717, 1.165) is 30.8 Å². The summed E-state index contributed by atoms with van der Waals surface area (Å²) in [7, 11) is 0. The Balaban J connectivity index is 1.82. The minimum absolute atomic E-state index is 0.00591. The lowest BCUT2D eigenvalue weighted by atomic mass is 10.1. The minimum atomic E-state index is -0.165. The van der Waals surface area contributed by atoms with Crippen molar-refractivity contribution in [2.75, 3.05) is 18.0 Å². The number of halogens is 1. The number of hydrogen-bond acceptors (Lipinski definition) is 3. The summed E-state index contributed by atoms with van der Waals surface area (Å²) in [5.74, 6) is 0. The number of urea groups is 1. The van der Waals surface area contributed by atoms with Crippen molar-refractivity contribution in [3.63, 3.8) is 0 Å². The number of nitrogens with zero attached hydrogens (tertiary/aromatic N) is 4. The van der Waals surface area contributed by atoms with Crippen LogP contribution in [0.15, 0.2) is 48.8 Å². The zero-order valence-corrected chi connectivity index (χ0v) is 12.6. The zero-order chi connectivity index (χ0) is 15.1. The SMILES string of the molecule is O=C1N(c2cccc(Cl)c2)[C@@H](c2cccnc2)N2CCCN12. The number of hydrazine groups is 1. The number of fused-ring (bicyclic) bond motifs is 1. The summed E-state index contributed by atoms with van der Waals surface area (Å²) in [5.41, 5.74) is 1.81. The highest BCUT2D eigenvalue weighted by atomic mass is 35.5. The maximum atomic E-state index is 12.8. The summed E-state index contributed by atoms with van der Waals surface area (Å²) < 4.78 is 0. The quantitative estimate of drug-likeness (QED) is 0.854. The molecule has 0 radical (unpaired) electrons. The minimum Gasteiger partial charge on any atom is -0.271 e. The Morgan fingerprint density at radius 2 is 2.09 bits per heavy atom. The first-order valence-electron chi connectivity index (χ1n) is 7.28. The average Bonchev–Trinajstić information content (AvgIpc) is 3.10. The molecule has 3 heterocycles. The third kappa shape index (κ3) is 2.05. The van der Waals surface area contributed by atoms with Gasteiger partial charge in [-0.3, -0.25) is 14.9 Å². The van der Waals surface area contributed by atoms with Gasteiger partial charge in [0.1, 0.15) is 6.17 Å². The standard InChI is InChI=1S/C16H15ClN4O/c17-13-5-1-6-14(10-13)21-15(12-4-2-7-18-11-12)19-8-3-9-20(19)16(21)22/h1-2,4-7,10-11,15H,3,8-9H2/t15-/m0/s1. The van der Waals surface area contributed by atoms with Crippen molar-refractivity contribution in [1.29, 1.82) is 0 Å². The van der Waals surface area contributed by atoms with Gasteiger partial charge >= 0.3 is 6.03 Å². The van der Waals surface area contributed by atoms with Crippen LogP contribution in [0, 0.1) is 0 Å². The van der Waals surface area contributed by atoms with Gasteiger partial charge in [-0.25, -0.2) is 4.79 Å². The molecule has 1 atom stereocenters. The number of pyridine rings is 1. The van der Waals surface area contributed by atoms with Crippen molar-refractivity contribution in [2.24, 2.45) is 0 Å². The molecule has 2 fully saturated rings. The summed E-state index contributed by atoms with van der Waals surface area (Å²) in [6.07, 6.45) is 4.39. The van der Waals surface area contributed by atoms with Gasteiger partial charge in [-0.1, -0.05) is 23.7 Å². The maximum Gasteiger partial charge on any atom is 0.340 e. The molecule has 5 nitrogen and oxygen atoms in total. The second-order valence-corrected chi connectivity index (χ2v) is 5.87. The molecule has 0 unspecified atom stereocenters. The Hall–Kier alpha value is -2.11. The van der Waals surface area contributed by atoms with Gasteiger partial charge in [-0.2, -0.15) is 5.01 Å². The highest BCUT2D eigenvalue weighted by Gasteiger charge is 2.47. The summed E-state index contributed by atoms with van der Waals surface area (Å²) in [4.78, 5) is 18.8. The largest absolute Gasteiger partial charge is 0.340 e. The lowest BCUT2D eigenvalue weighted by Gasteiger charge is -2.27. The fourth-order valence-electron chi connectivity index (χ4n) is 3.18. The van der Waals surface area contributed by atoms with Crippen molar-refractivity contribution in [1.82, 2.24) is 15.0 Å². The third-order valence-electron chi connectivity index (χ3n) is 4.09. The first-order valence-corrected chi connectivity index (χ1v) is 7.66. The molecule has 0 saturated carbocycles. The van der Waals surface area contributed by atoms with E-state index in [9.17, 15) is 4.79 Å². The van der Waals surface area contributed by atoms with E-state index in [1.165, 1.54) is 0 Å². The topological polar surface area (TPSA) is 39.7 Å². The molecule has 0 N–H and O–H groups in total. The predicted octanol–water partition coefficient (Wildman–Crippen LogP) is 3.30. The lowest BCUT2D eigenvalue weighted by molar-refractivity contribution is 0.0726. The molecule has 0 spiro atoms. The molecule has 0 aliphatic carbocycles. The second-order valence-electron chi connectivity index (χ2n) is 5.43. The number of carbonyl (C=O) groups excluding carboxylic acids is 1. The van der Waals surface area contributed by atoms with Crippen LogP contribution in [0.3, 0.4) is 0 Å². The summed E-state index contributed by atoms with van der Waals surface area (Å²) >= 11 is 6.11. The van der Waals surface area contributed by atoms with Gasteiger partial charge in [-0.15, -0.1) is 0 Å². The van der Waals surface area contributed by atoms with Crippen molar-refractivity contribution >= 4 is 23.3 Å². The van der Waals surface area contributed by atoms with Crippen LogP contribution in [0.2, 0.25) is 5.02 Å². The molecule has 2 aliphatic heterocycles. The number of amides is 2. The molecule has 6 heteroatoms. The number of rotatable bonds is 2. The number of anilines is 1. The number of carbonyl (C=O) groups is 1. The normalized spacial score (nSPS) is 21.5. The fourth-order valence-corrected chi connectivity index (χ4v) is 3.37. The Labute approximate surface area is 133 Å². The molecule has 2 aromatic rings. The van der Waals surface area contributed by atoms with Crippen LogP contribution in [0.1, 0.15) is 18.2 Å². The van der Waals surface area contributed by atoms with Crippen LogP contribution in [-0.4, -0.2) is 34.1 Å². The van der Waals surface area contributed by atoms with Gasteiger partial charge in [0, 0.05) is 41.8 Å². The zero-order valence-electron chi connectivity index (χ0n) is 11.9. The van der Waals surface area contributed by atoms with E-state index >= 15 is 0 Å². The Bertz CT molecular complexity index is 708. The molecule has 22 heavy (non-hydrogen) atoms. The van der Waals surface area contributed by atoms with Crippen LogP contribution in [0.25, 0.3) is 0 Å². The molecular weight excluding hydrogens is 300 g/mol. The van der Waals surface area contributed by atoms with Gasteiger partial charge in [-0.05, 0) is 30.7 Å². The molecule has 2 aliphatic rings. The van der Waals surface area contributed by atoms with Gasteiger partial charge in [0.2, 0.25) is 0 Å². The number of hydrogen-bond donors (Lipinski definition) is 0. The highest BCUT2D eigenvalue weighted by Crippen LogP contribution is 2.40. The summed E-state index contributed by atoms with van der Waals surface area (Å²) in [6, 6.07) is 11.3. The van der Waals surface area contributed by atoms with Crippen LogP contribution < -0.4 is 4.90 Å². The Morgan fingerprint density at radius 1 is 1.18 bits per heavy atom. The van der Waals surface area contributed by atoms with Crippen molar-refractivity contribution in [3.8, 4) is 0 Å². The molecule has 1 aromatic heterocycles. The van der Waals surface area contributed by atoms with Crippen molar-refractivity contribution in [3.05, 3.63) is 59.4 Å². The maximum absolute atomic E-state index is 12.8. The molecule has 112 valence electrons. The Kier molecular flexibility index (Phi) is 3.24. The smallest absolute Gasteiger partial charge is 0.271 e. The van der Waals surface area contributed by atoms with Crippen molar-refractivity contribution in [2.45, 2.75) is 12.6 Å². The molecule has 2 saturated heterocycles. The number of benzene rings is 1. The average molecular weight is 315 g/mol. The van der Waals surface area contributed by atoms with Gasteiger partial charge in [0.05, 0.1) is 0 Å². The van der Waals surface area contributed by atoms with Crippen LogP contribution in [-0.2, 0) is 0 Å². The first kappa shape index (κ1) is 13.5. The van der Waals surface area contributed by atoms with E-state index in [2.05, 4.69) is 9.99 Å². The van der Waals surface area contributed by atoms with Crippen LogP contribution in [0.4, 0.5) is 10.5 Å². The van der Waals surface area contributed by atoms with E-state index in [-0.39, 0.29) is 12.2 Å². The van der Waals surface area contributed by atoms with Gasteiger partial charge in [0.15, 0.2) is 0 Å². The summed E-state index contributed by atoms with van der Waals surface area (Å²) in [6.45, 7) is 1.62. The lowest BCUT2D eigenvalue weighted by Crippen LogP contribution is -2.32. The monoisotopic (exact) mass is 314 g/mol. The van der Waals surface area contributed by atoms with Gasteiger partial charge < -0.3 is 0 Å². The van der Waals surface area contributed by atoms with E-state index in [1.807, 2.05) is 47.6 Å². The van der Waals surface area contributed by atoms with Crippen molar-refractivity contribution < 1.29 is 4.79 Å². The van der Waals surface area contributed by atoms with E-state index in [1.54, 1.807) is 11.1 Å². The first-order chi connectivity index (χ1) is 10.8. The van der Waals surface area contributed by atoms with E-state index in [0.29, 0.717) is 5.02 Å². The molecule has 4 rings (SSSR count). The molecule has 1 aromatic carbocycles. The van der Waals surface area contributed by atoms with Crippen LogP contribution in [0.5, 0.6) is 0 Å².